The molecule has 1 aliphatic heterocycles. The Hall–Kier alpha value is -0.480. The van der Waals surface area contributed by atoms with Crippen molar-refractivity contribution in [2.24, 2.45) is 0 Å². The van der Waals surface area contributed by atoms with Gasteiger partial charge in [0.15, 0.2) is 0 Å². The van der Waals surface area contributed by atoms with E-state index in [2.05, 4.69) is 20.7 Å². The van der Waals surface area contributed by atoms with Gasteiger partial charge in [0.2, 0.25) is 0 Å². The summed E-state index contributed by atoms with van der Waals surface area (Å²) in [6.07, 6.45) is -2.64. The summed E-state index contributed by atoms with van der Waals surface area (Å²) in [7, 11) is 0. The zero-order valence-corrected chi connectivity index (χ0v) is 9.58. The highest BCUT2D eigenvalue weighted by Crippen LogP contribution is 2.39. The molecule has 4 heteroatoms. The quantitative estimate of drug-likeness (QED) is 0.713. The van der Waals surface area contributed by atoms with Crippen molar-refractivity contribution in [3.05, 3.63) is 35.9 Å². The fraction of sp³-hybridized carbons (Fsp3) is 0.455. The molecule has 2 unspecified atom stereocenters. The number of hydrogen-bond donors (Lipinski definition) is 0. The van der Waals surface area contributed by atoms with Gasteiger partial charge < -0.3 is 4.74 Å². The maximum absolute atomic E-state index is 13.0. The predicted octanol–water partition coefficient (Wildman–Crippen LogP) is 3.55. The van der Waals surface area contributed by atoms with Crippen molar-refractivity contribution >= 4 is 15.9 Å². The van der Waals surface area contributed by atoms with Crippen molar-refractivity contribution in [3.8, 4) is 0 Å². The SMILES string of the molecule is FC1(F)OCC(c2ccccc2)CC1Br. The van der Waals surface area contributed by atoms with E-state index < -0.39 is 10.9 Å². The van der Waals surface area contributed by atoms with Gasteiger partial charge in [-0.05, 0) is 12.0 Å². The van der Waals surface area contributed by atoms with Crippen molar-refractivity contribution in [1.29, 1.82) is 0 Å². The summed E-state index contributed by atoms with van der Waals surface area (Å²) in [5.41, 5.74) is 1.05. The van der Waals surface area contributed by atoms with Crippen LogP contribution in [0.4, 0.5) is 8.78 Å². The van der Waals surface area contributed by atoms with Crippen molar-refractivity contribution in [2.75, 3.05) is 6.61 Å². The van der Waals surface area contributed by atoms with Gasteiger partial charge in [-0.2, -0.15) is 8.78 Å². The van der Waals surface area contributed by atoms with Crippen molar-refractivity contribution < 1.29 is 13.5 Å². The van der Waals surface area contributed by atoms with Crippen LogP contribution in [0.5, 0.6) is 0 Å². The van der Waals surface area contributed by atoms with E-state index in [0.717, 1.165) is 5.56 Å². The van der Waals surface area contributed by atoms with Crippen LogP contribution >= 0.6 is 15.9 Å². The summed E-state index contributed by atoms with van der Waals surface area (Å²) in [4.78, 5) is -0.899. The third kappa shape index (κ3) is 2.37. The van der Waals surface area contributed by atoms with Crippen LogP contribution in [0.1, 0.15) is 17.9 Å². The third-order valence-corrected chi connectivity index (χ3v) is 3.51. The molecule has 1 saturated heterocycles. The van der Waals surface area contributed by atoms with Gasteiger partial charge in [-0.15, -0.1) is 0 Å². The van der Waals surface area contributed by atoms with Gasteiger partial charge in [-0.1, -0.05) is 46.3 Å². The maximum atomic E-state index is 13.0. The number of halogens is 3. The van der Waals surface area contributed by atoms with E-state index in [0.29, 0.717) is 6.42 Å². The molecule has 0 bridgehead atoms. The first-order valence-electron chi connectivity index (χ1n) is 4.80. The lowest BCUT2D eigenvalue weighted by molar-refractivity contribution is -0.255. The number of rotatable bonds is 1. The summed E-state index contributed by atoms with van der Waals surface area (Å²) in [6.45, 7) is 0.0825. The Balaban J connectivity index is 2.10. The molecule has 0 N–H and O–H groups in total. The second-order valence-corrected chi connectivity index (χ2v) is 4.79. The first-order valence-corrected chi connectivity index (χ1v) is 5.72. The Morgan fingerprint density at radius 2 is 1.93 bits per heavy atom. The molecular weight excluding hydrogens is 266 g/mol. The highest BCUT2D eigenvalue weighted by atomic mass is 79.9. The highest BCUT2D eigenvalue weighted by molar-refractivity contribution is 9.09. The largest absolute Gasteiger partial charge is 0.368 e. The van der Waals surface area contributed by atoms with E-state index >= 15 is 0 Å². The highest BCUT2D eigenvalue weighted by Gasteiger charge is 2.45. The molecule has 82 valence electrons. The van der Waals surface area contributed by atoms with Crippen LogP contribution in [0.25, 0.3) is 0 Å². The number of alkyl halides is 3. The minimum absolute atomic E-state index is 0.0511. The van der Waals surface area contributed by atoms with E-state index in [-0.39, 0.29) is 12.5 Å². The first kappa shape index (κ1) is 11.0. The minimum atomic E-state index is -3.04. The lowest BCUT2D eigenvalue weighted by atomic mass is 9.93. The Bertz CT molecular complexity index is 329. The van der Waals surface area contributed by atoms with Gasteiger partial charge >= 0.3 is 6.11 Å². The Kier molecular flexibility index (Phi) is 3.07. The molecule has 0 spiro atoms. The fourth-order valence-corrected chi connectivity index (χ4v) is 2.30. The third-order valence-electron chi connectivity index (χ3n) is 2.60. The lowest BCUT2D eigenvalue weighted by Gasteiger charge is -2.32. The molecule has 1 aliphatic rings. The average Bonchev–Trinajstić information content (AvgIpc) is 2.23. The van der Waals surface area contributed by atoms with Crippen LogP contribution in [0, 0.1) is 0 Å². The normalized spacial score (nSPS) is 30.1. The van der Waals surface area contributed by atoms with Crippen LogP contribution in [-0.2, 0) is 4.74 Å². The molecule has 0 amide bonds. The smallest absolute Gasteiger partial charge is 0.319 e. The Morgan fingerprint density at radius 1 is 1.27 bits per heavy atom. The molecular formula is C11H11BrF2O. The van der Waals surface area contributed by atoms with Crippen LogP contribution in [-0.4, -0.2) is 17.5 Å². The molecule has 2 atom stereocenters. The van der Waals surface area contributed by atoms with E-state index in [1.165, 1.54) is 0 Å². The van der Waals surface area contributed by atoms with Gasteiger partial charge in [-0.3, -0.25) is 0 Å². The van der Waals surface area contributed by atoms with E-state index in [1.54, 1.807) is 0 Å². The molecule has 0 aliphatic carbocycles. The summed E-state index contributed by atoms with van der Waals surface area (Å²) >= 11 is 2.97. The van der Waals surface area contributed by atoms with E-state index in [1.807, 2.05) is 30.3 Å². The second kappa shape index (κ2) is 4.18. The minimum Gasteiger partial charge on any atom is -0.319 e. The molecule has 0 saturated carbocycles. The maximum Gasteiger partial charge on any atom is 0.368 e. The van der Waals surface area contributed by atoms with Gasteiger partial charge in [0, 0.05) is 5.92 Å². The molecule has 1 heterocycles. The van der Waals surface area contributed by atoms with Gasteiger partial charge in [0.1, 0.15) is 4.83 Å². The zero-order chi connectivity index (χ0) is 10.9. The Morgan fingerprint density at radius 3 is 2.53 bits per heavy atom. The summed E-state index contributed by atoms with van der Waals surface area (Å²) in [5, 5.41) is 0. The molecule has 2 rings (SSSR count). The number of benzene rings is 1. The molecule has 1 fully saturated rings. The Labute approximate surface area is 95.6 Å². The predicted molar refractivity (Wildman–Crippen MR) is 57.4 cm³/mol. The first-order chi connectivity index (χ1) is 7.09. The molecule has 0 aromatic heterocycles. The average molecular weight is 277 g/mol. The molecule has 15 heavy (non-hydrogen) atoms. The fourth-order valence-electron chi connectivity index (χ4n) is 1.71. The van der Waals surface area contributed by atoms with Gasteiger partial charge in [0.05, 0.1) is 6.61 Å². The van der Waals surface area contributed by atoms with Crippen molar-refractivity contribution in [2.45, 2.75) is 23.3 Å². The van der Waals surface area contributed by atoms with Crippen LogP contribution in [0.3, 0.4) is 0 Å². The lowest BCUT2D eigenvalue weighted by Crippen LogP contribution is -2.40. The van der Waals surface area contributed by atoms with Crippen LogP contribution in [0.15, 0.2) is 30.3 Å². The number of ether oxygens (including phenoxy) is 1. The molecule has 1 aromatic carbocycles. The van der Waals surface area contributed by atoms with Crippen molar-refractivity contribution in [3.63, 3.8) is 0 Å². The summed E-state index contributed by atoms with van der Waals surface area (Å²) in [5.74, 6) is 0.0511. The van der Waals surface area contributed by atoms with Gasteiger partial charge in [0.25, 0.3) is 0 Å². The molecule has 0 radical (unpaired) electrons. The standard InChI is InChI=1S/C11H11BrF2O/c12-10-6-9(7-15-11(10,13)14)8-4-2-1-3-5-8/h1-5,9-10H,6-7H2. The van der Waals surface area contributed by atoms with Crippen LogP contribution < -0.4 is 0 Å². The summed E-state index contributed by atoms with van der Waals surface area (Å²) < 4.78 is 30.6. The van der Waals surface area contributed by atoms with E-state index in [9.17, 15) is 8.78 Å². The van der Waals surface area contributed by atoms with E-state index in [4.69, 9.17) is 0 Å². The van der Waals surface area contributed by atoms with Crippen LogP contribution in [0.2, 0.25) is 0 Å². The zero-order valence-electron chi connectivity index (χ0n) is 8.00. The summed E-state index contributed by atoms with van der Waals surface area (Å²) in [6, 6.07) is 9.61. The molecule has 1 aromatic rings. The van der Waals surface area contributed by atoms with Crippen molar-refractivity contribution in [1.82, 2.24) is 0 Å². The number of hydrogen-bond acceptors (Lipinski definition) is 1. The second-order valence-electron chi connectivity index (χ2n) is 3.68. The monoisotopic (exact) mass is 276 g/mol. The topological polar surface area (TPSA) is 9.23 Å². The van der Waals surface area contributed by atoms with Gasteiger partial charge in [-0.25, -0.2) is 0 Å². The molecule has 1 nitrogen and oxygen atoms in total.